The molecule has 1 N–H and O–H groups in total. The molecule has 1 aliphatic rings. The van der Waals surface area contributed by atoms with Gasteiger partial charge >= 0.3 is 0 Å². The van der Waals surface area contributed by atoms with Gasteiger partial charge in [0.2, 0.25) is 0 Å². The SMILES string of the molecule is CNC1CCC(N(C)C(=O)c2csc(C)n2)CC1. The van der Waals surface area contributed by atoms with Crippen LogP contribution in [0.3, 0.4) is 0 Å². The fourth-order valence-corrected chi connectivity index (χ4v) is 3.15. The number of nitrogens with one attached hydrogen (secondary N) is 1. The van der Waals surface area contributed by atoms with Gasteiger partial charge in [-0.1, -0.05) is 0 Å². The number of carbonyl (C=O) groups is 1. The molecule has 1 heterocycles. The molecule has 1 amide bonds. The first-order chi connectivity index (χ1) is 8.61. The largest absolute Gasteiger partial charge is 0.337 e. The Morgan fingerprint density at radius 2 is 2.11 bits per heavy atom. The van der Waals surface area contributed by atoms with E-state index in [1.807, 2.05) is 31.3 Å². The lowest BCUT2D eigenvalue weighted by molar-refractivity contribution is 0.0680. The predicted octanol–water partition coefficient (Wildman–Crippen LogP) is 2.05. The number of nitrogens with zero attached hydrogens (tertiary/aromatic N) is 2. The third-order valence-corrected chi connectivity index (χ3v) is 4.58. The normalized spacial score (nSPS) is 23.9. The van der Waals surface area contributed by atoms with E-state index in [4.69, 9.17) is 0 Å². The van der Waals surface area contributed by atoms with E-state index in [2.05, 4.69) is 10.3 Å². The van der Waals surface area contributed by atoms with Crippen LogP contribution in [0.4, 0.5) is 0 Å². The van der Waals surface area contributed by atoms with Crippen LogP contribution in [0.25, 0.3) is 0 Å². The van der Waals surface area contributed by atoms with E-state index in [1.165, 1.54) is 11.3 Å². The van der Waals surface area contributed by atoms with Crippen LogP contribution in [-0.2, 0) is 0 Å². The Balaban J connectivity index is 1.95. The zero-order chi connectivity index (χ0) is 13.1. The van der Waals surface area contributed by atoms with Gasteiger partial charge in [0.05, 0.1) is 5.01 Å². The van der Waals surface area contributed by atoms with Gasteiger partial charge in [-0.05, 0) is 39.7 Å². The molecule has 0 aromatic carbocycles. The van der Waals surface area contributed by atoms with Crippen LogP contribution < -0.4 is 5.32 Å². The summed E-state index contributed by atoms with van der Waals surface area (Å²) in [6, 6.07) is 0.982. The van der Waals surface area contributed by atoms with E-state index < -0.39 is 0 Å². The van der Waals surface area contributed by atoms with E-state index in [0.717, 1.165) is 30.7 Å². The van der Waals surface area contributed by atoms with Gasteiger partial charge in [-0.3, -0.25) is 4.79 Å². The highest BCUT2D eigenvalue weighted by molar-refractivity contribution is 7.09. The molecule has 5 heteroatoms. The van der Waals surface area contributed by atoms with Crippen LogP contribution in [0.5, 0.6) is 0 Å². The fraction of sp³-hybridized carbons (Fsp3) is 0.692. The van der Waals surface area contributed by atoms with Crippen LogP contribution >= 0.6 is 11.3 Å². The van der Waals surface area contributed by atoms with Crippen LogP contribution in [0.1, 0.15) is 41.2 Å². The molecule has 0 aliphatic heterocycles. The Morgan fingerprint density at radius 3 is 2.61 bits per heavy atom. The summed E-state index contributed by atoms with van der Waals surface area (Å²) in [5.41, 5.74) is 0.593. The summed E-state index contributed by atoms with van der Waals surface area (Å²) >= 11 is 1.53. The third-order valence-electron chi connectivity index (χ3n) is 3.81. The lowest BCUT2D eigenvalue weighted by Crippen LogP contribution is -2.42. The Hall–Kier alpha value is -0.940. The van der Waals surface area contributed by atoms with Crippen molar-refractivity contribution >= 4 is 17.2 Å². The number of hydrogen-bond acceptors (Lipinski definition) is 4. The highest BCUT2D eigenvalue weighted by atomic mass is 32.1. The summed E-state index contributed by atoms with van der Waals surface area (Å²) in [6.07, 6.45) is 4.46. The van der Waals surface area contributed by atoms with Gasteiger partial charge < -0.3 is 10.2 Å². The summed E-state index contributed by atoms with van der Waals surface area (Å²) in [6.45, 7) is 1.93. The fourth-order valence-electron chi connectivity index (χ4n) is 2.56. The molecule has 1 fully saturated rings. The van der Waals surface area contributed by atoms with E-state index >= 15 is 0 Å². The molecule has 2 rings (SSSR count). The number of amides is 1. The third kappa shape index (κ3) is 2.90. The molecule has 1 aliphatic carbocycles. The maximum Gasteiger partial charge on any atom is 0.273 e. The van der Waals surface area contributed by atoms with Crippen molar-refractivity contribution in [2.45, 2.75) is 44.7 Å². The van der Waals surface area contributed by atoms with Crippen LogP contribution in [0.15, 0.2) is 5.38 Å². The van der Waals surface area contributed by atoms with Crippen LogP contribution in [-0.4, -0.2) is 42.0 Å². The molecule has 18 heavy (non-hydrogen) atoms. The van der Waals surface area contributed by atoms with Gasteiger partial charge in [-0.25, -0.2) is 4.98 Å². The lowest BCUT2D eigenvalue weighted by Gasteiger charge is -2.34. The first kappa shape index (κ1) is 13.5. The van der Waals surface area contributed by atoms with Crippen molar-refractivity contribution in [2.75, 3.05) is 14.1 Å². The predicted molar refractivity (Wildman–Crippen MR) is 74.0 cm³/mol. The van der Waals surface area contributed by atoms with E-state index in [0.29, 0.717) is 17.8 Å². The van der Waals surface area contributed by atoms with Crippen molar-refractivity contribution in [1.29, 1.82) is 0 Å². The van der Waals surface area contributed by atoms with Gasteiger partial charge in [0.15, 0.2) is 0 Å². The van der Waals surface area contributed by atoms with E-state index in [-0.39, 0.29) is 5.91 Å². The van der Waals surface area contributed by atoms with Crippen molar-refractivity contribution in [3.05, 3.63) is 16.1 Å². The van der Waals surface area contributed by atoms with Crippen molar-refractivity contribution < 1.29 is 4.79 Å². The summed E-state index contributed by atoms with van der Waals surface area (Å²) < 4.78 is 0. The topological polar surface area (TPSA) is 45.2 Å². The molecule has 0 saturated heterocycles. The maximum atomic E-state index is 12.3. The van der Waals surface area contributed by atoms with Crippen molar-refractivity contribution in [2.24, 2.45) is 0 Å². The van der Waals surface area contributed by atoms with Gasteiger partial charge in [-0.2, -0.15) is 0 Å². The Bertz CT molecular complexity index is 410. The number of carbonyl (C=O) groups excluding carboxylic acids is 1. The Labute approximate surface area is 112 Å². The molecule has 100 valence electrons. The Morgan fingerprint density at radius 1 is 1.44 bits per heavy atom. The first-order valence-corrected chi connectivity index (χ1v) is 7.36. The molecule has 0 atom stereocenters. The van der Waals surface area contributed by atoms with Crippen molar-refractivity contribution in [3.8, 4) is 0 Å². The van der Waals surface area contributed by atoms with E-state index in [9.17, 15) is 4.79 Å². The van der Waals surface area contributed by atoms with Gasteiger partial charge in [0.25, 0.3) is 5.91 Å². The van der Waals surface area contributed by atoms with Gasteiger partial charge in [0.1, 0.15) is 5.69 Å². The summed E-state index contributed by atoms with van der Waals surface area (Å²) in [5.74, 6) is 0.0623. The minimum Gasteiger partial charge on any atom is -0.337 e. The first-order valence-electron chi connectivity index (χ1n) is 6.48. The second kappa shape index (κ2) is 5.80. The number of aryl methyl sites for hydroxylation is 1. The average Bonchev–Trinajstić information content (AvgIpc) is 2.84. The number of hydrogen-bond donors (Lipinski definition) is 1. The molecular weight excluding hydrogens is 246 g/mol. The average molecular weight is 267 g/mol. The van der Waals surface area contributed by atoms with Gasteiger partial charge in [-0.15, -0.1) is 11.3 Å². The molecule has 0 spiro atoms. The second-order valence-electron chi connectivity index (χ2n) is 4.96. The number of aromatic nitrogens is 1. The number of thiazole rings is 1. The highest BCUT2D eigenvalue weighted by Crippen LogP contribution is 2.23. The smallest absolute Gasteiger partial charge is 0.273 e. The van der Waals surface area contributed by atoms with Crippen LogP contribution in [0.2, 0.25) is 0 Å². The molecule has 1 aromatic rings. The molecule has 1 saturated carbocycles. The molecule has 4 nitrogen and oxygen atoms in total. The molecule has 0 bridgehead atoms. The maximum absolute atomic E-state index is 12.3. The van der Waals surface area contributed by atoms with Crippen LogP contribution in [0, 0.1) is 6.92 Å². The molecule has 1 aromatic heterocycles. The zero-order valence-corrected chi connectivity index (χ0v) is 12.1. The lowest BCUT2D eigenvalue weighted by atomic mass is 9.90. The summed E-state index contributed by atoms with van der Waals surface area (Å²) in [4.78, 5) is 18.4. The molecule has 0 radical (unpaired) electrons. The highest BCUT2D eigenvalue weighted by Gasteiger charge is 2.27. The van der Waals surface area contributed by atoms with E-state index in [1.54, 1.807) is 0 Å². The molecular formula is C13H21N3OS. The van der Waals surface area contributed by atoms with Crippen molar-refractivity contribution in [1.82, 2.24) is 15.2 Å². The standard InChI is InChI=1S/C13H21N3OS/c1-9-15-12(8-18-9)13(17)16(3)11-6-4-10(14-2)5-7-11/h8,10-11,14H,4-7H2,1-3H3. The zero-order valence-electron chi connectivity index (χ0n) is 11.3. The quantitative estimate of drug-likeness (QED) is 0.911. The number of rotatable bonds is 3. The Kier molecular flexibility index (Phi) is 4.35. The minimum absolute atomic E-state index is 0.0623. The summed E-state index contributed by atoms with van der Waals surface area (Å²) in [5, 5.41) is 6.12. The molecule has 0 unspecified atom stereocenters. The minimum atomic E-state index is 0.0623. The van der Waals surface area contributed by atoms with Crippen molar-refractivity contribution in [3.63, 3.8) is 0 Å². The van der Waals surface area contributed by atoms with Gasteiger partial charge in [0, 0.05) is 24.5 Å². The summed E-state index contributed by atoms with van der Waals surface area (Å²) in [7, 11) is 3.92. The monoisotopic (exact) mass is 267 g/mol. The second-order valence-corrected chi connectivity index (χ2v) is 6.02.